The van der Waals surface area contributed by atoms with Crippen LogP contribution in [0, 0.1) is 0 Å². The molecule has 0 saturated carbocycles. The molecule has 0 fully saturated rings. The summed E-state index contributed by atoms with van der Waals surface area (Å²) < 4.78 is 8.97. The number of hydrogen-bond donors (Lipinski definition) is 1. The van der Waals surface area contributed by atoms with Crippen LogP contribution < -0.4 is 0 Å². The van der Waals surface area contributed by atoms with Gasteiger partial charge in [0.25, 0.3) is 0 Å². The highest BCUT2D eigenvalue weighted by molar-refractivity contribution is 6.00. The number of phenols is 1. The summed E-state index contributed by atoms with van der Waals surface area (Å²) in [6.07, 6.45) is 0.590. The molecule has 1 N–H and O–H groups in total. The number of rotatable bonds is 6. The molecule has 0 atom stereocenters. The molecule has 1 aromatic carbocycles. The molecule has 0 unspecified atom stereocenters. The molecule has 0 aliphatic carbocycles. The van der Waals surface area contributed by atoms with Crippen molar-refractivity contribution in [3.05, 3.63) is 29.3 Å². The SMILES string of the molecule is COC(=O)CCCC(=O)c1ccc(C(=O)OC)cc1O. The van der Waals surface area contributed by atoms with Gasteiger partial charge in [0.1, 0.15) is 5.75 Å². The lowest BCUT2D eigenvalue weighted by Crippen LogP contribution is -2.05. The fourth-order valence-electron chi connectivity index (χ4n) is 1.64. The molecule has 6 nitrogen and oxygen atoms in total. The highest BCUT2D eigenvalue weighted by Gasteiger charge is 2.15. The van der Waals surface area contributed by atoms with Gasteiger partial charge in [-0.3, -0.25) is 9.59 Å². The maximum atomic E-state index is 11.9. The van der Waals surface area contributed by atoms with Gasteiger partial charge in [0.05, 0.1) is 25.3 Å². The summed E-state index contributed by atoms with van der Waals surface area (Å²) in [4.78, 5) is 34.0. The standard InChI is InChI=1S/C14H16O6/c1-19-13(17)5-3-4-11(15)10-7-6-9(8-12(10)16)14(18)20-2/h6-8,16H,3-5H2,1-2H3. The number of methoxy groups -OCH3 is 2. The summed E-state index contributed by atoms with van der Waals surface area (Å²) >= 11 is 0. The number of ether oxygens (including phenoxy) is 2. The number of aromatic hydroxyl groups is 1. The van der Waals surface area contributed by atoms with Crippen molar-refractivity contribution < 1.29 is 29.0 Å². The normalized spacial score (nSPS) is 9.90. The third-order valence-corrected chi connectivity index (χ3v) is 2.73. The van der Waals surface area contributed by atoms with Crippen LogP contribution in [0.25, 0.3) is 0 Å². The van der Waals surface area contributed by atoms with Gasteiger partial charge in [-0.25, -0.2) is 4.79 Å². The van der Waals surface area contributed by atoms with Gasteiger partial charge in [-0.05, 0) is 24.6 Å². The van der Waals surface area contributed by atoms with Gasteiger partial charge in [0.2, 0.25) is 0 Å². The van der Waals surface area contributed by atoms with E-state index in [-0.39, 0.29) is 41.5 Å². The first-order chi connectivity index (χ1) is 9.49. The molecule has 0 aliphatic heterocycles. The van der Waals surface area contributed by atoms with Gasteiger partial charge in [-0.15, -0.1) is 0 Å². The zero-order chi connectivity index (χ0) is 15.1. The number of hydrogen-bond acceptors (Lipinski definition) is 6. The minimum absolute atomic E-state index is 0.111. The Hall–Kier alpha value is -2.37. The largest absolute Gasteiger partial charge is 0.507 e. The van der Waals surface area contributed by atoms with Crippen molar-refractivity contribution in [1.29, 1.82) is 0 Å². The Balaban J connectivity index is 2.69. The zero-order valence-corrected chi connectivity index (χ0v) is 11.3. The monoisotopic (exact) mass is 280 g/mol. The van der Waals surface area contributed by atoms with E-state index in [1.54, 1.807) is 0 Å². The number of Topliss-reactive ketones (excluding diaryl/α,β-unsaturated/α-hetero) is 1. The Kier molecular flexibility index (Phi) is 5.71. The van der Waals surface area contributed by atoms with Gasteiger partial charge in [0.15, 0.2) is 5.78 Å². The second-order valence-electron chi connectivity index (χ2n) is 4.08. The summed E-state index contributed by atoms with van der Waals surface area (Å²) in [6.45, 7) is 0. The summed E-state index contributed by atoms with van der Waals surface area (Å²) in [5.41, 5.74) is 0.277. The summed E-state index contributed by atoms with van der Waals surface area (Å²) in [5, 5.41) is 9.74. The first-order valence-corrected chi connectivity index (χ1v) is 6.01. The van der Waals surface area contributed by atoms with E-state index in [0.717, 1.165) is 0 Å². The van der Waals surface area contributed by atoms with Crippen LogP contribution >= 0.6 is 0 Å². The van der Waals surface area contributed by atoms with Crippen LogP contribution in [0.1, 0.15) is 40.0 Å². The zero-order valence-electron chi connectivity index (χ0n) is 11.3. The van der Waals surface area contributed by atoms with Gasteiger partial charge in [-0.2, -0.15) is 0 Å². The van der Waals surface area contributed by atoms with Crippen molar-refractivity contribution in [2.45, 2.75) is 19.3 Å². The van der Waals surface area contributed by atoms with Crippen molar-refractivity contribution in [1.82, 2.24) is 0 Å². The van der Waals surface area contributed by atoms with E-state index in [4.69, 9.17) is 0 Å². The van der Waals surface area contributed by atoms with E-state index < -0.39 is 5.97 Å². The van der Waals surface area contributed by atoms with Crippen LogP contribution in [0.4, 0.5) is 0 Å². The second kappa shape index (κ2) is 7.28. The minimum Gasteiger partial charge on any atom is -0.507 e. The summed E-state index contributed by atoms with van der Waals surface area (Å²) in [5.74, 6) is -1.56. The number of carbonyl (C=O) groups is 3. The van der Waals surface area contributed by atoms with Crippen molar-refractivity contribution in [3.8, 4) is 5.75 Å². The van der Waals surface area contributed by atoms with E-state index >= 15 is 0 Å². The molecular weight excluding hydrogens is 264 g/mol. The molecule has 108 valence electrons. The van der Waals surface area contributed by atoms with E-state index in [1.807, 2.05) is 0 Å². The number of benzene rings is 1. The van der Waals surface area contributed by atoms with Crippen LogP contribution in [0.15, 0.2) is 18.2 Å². The number of ketones is 1. The number of esters is 2. The lowest BCUT2D eigenvalue weighted by Gasteiger charge is -2.05. The van der Waals surface area contributed by atoms with Crippen molar-refractivity contribution in [3.63, 3.8) is 0 Å². The van der Waals surface area contributed by atoms with Crippen molar-refractivity contribution in [2.24, 2.45) is 0 Å². The van der Waals surface area contributed by atoms with Crippen LogP contribution in [0.5, 0.6) is 5.75 Å². The molecule has 1 rings (SSSR count). The average molecular weight is 280 g/mol. The molecule has 0 saturated heterocycles. The molecule has 6 heteroatoms. The predicted molar refractivity (Wildman–Crippen MR) is 69.6 cm³/mol. The Bertz CT molecular complexity index is 520. The quantitative estimate of drug-likeness (QED) is 0.630. The van der Waals surface area contributed by atoms with Gasteiger partial charge in [-0.1, -0.05) is 0 Å². The van der Waals surface area contributed by atoms with E-state index in [9.17, 15) is 19.5 Å². The fourth-order valence-corrected chi connectivity index (χ4v) is 1.64. The Morgan fingerprint density at radius 1 is 1.10 bits per heavy atom. The Morgan fingerprint density at radius 3 is 2.35 bits per heavy atom. The molecule has 0 aromatic heterocycles. The smallest absolute Gasteiger partial charge is 0.337 e. The molecule has 0 heterocycles. The lowest BCUT2D eigenvalue weighted by atomic mass is 10.0. The van der Waals surface area contributed by atoms with Crippen LogP contribution in [-0.4, -0.2) is 37.0 Å². The molecule has 0 aliphatic rings. The molecule has 0 bridgehead atoms. The lowest BCUT2D eigenvalue weighted by molar-refractivity contribution is -0.140. The predicted octanol–water partition coefficient (Wildman–Crippen LogP) is 1.70. The number of carbonyl (C=O) groups excluding carboxylic acids is 3. The van der Waals surface area contributed by atoms with Crippen LogP contribution in [0.3, 0.4) is 0 Å². The van der Waals surface area contributed by atoms with Gasteiger partial charge >= 0.3 is 11.9 Å². The molecular formula is C14H16O6. The maximum Gasteiger partial charge on any atom is 0.337 e. The van der Waals surface area contributed by atoms with Crippen molar-refractivity contribution >= 4 is 17.7 Å². The highest BCUT2D eigenvalue weighted by Crippen LogP contribution is 2.21. The van der Waals surface area contributed by atoms with Crippen molar-refractivity contribution in [2.75, 3.05) is 14.2 Å². The van der Waals surface area contributed by atoms with Gasteiger partial charge in [0, 0.05) is 12.8 Å². The third kappa shape index (κ3) is 4.08. The van der Waals surface area contributed by atoms with Crippen LogP contribution in [-0.2, 0) is 14.3 Å². The topological polar surface area (TPSA) is 89.9 Å². The fraction of sp³-hybridized carbons (Fsp3) is 0.357. The first-order valence-electron chi connectivity index (χ1n) is 6.01. The second-order valence-corrected chi connectivity index (χ2v) is 4.08. The third-order valence-electron chi connectivity index (χ3n) is 2.73. The summed E-state index contributed by atoms with van der Waals surface area (Å²) in [6, 6.07) is 3.94. The van der Waals surface area contributed by atoms with E-state index in [0.29, 0.717) is 6.42 Å². The molecule has 0 radical (unpaired) electrons. The Labute approximate surface area is 116 Å². The number of phenolic OH excluding ortho intramolecular Hbond substituents is 1. The summed E-state index contributed by atoms with van der Waals surface area (Å²) in [7, 11) is 2.51. The first kappa shape index (κ1) is 15.7. The highest BCUT2D eigenvalue weighted by atomic mass is 16.5. The molecule has 0 amide bonds. The molecule has 20 heavy (non-hydrogen) atoms. The minimum atomic E-state index is -0.593. The van der Waals surface area contributed by atoms with Crippen LogP contribution in [0.2, 0.25) is 0 Å². The molecule has 0 spiro atoms. The Morgan fingerprint density at radius 2 is 1.80 bits per heavy atom. The molecule has 1 aromatic rings. The van der Waals surface area contributed by atoms with E-state index in [2.05, 4.69) is 9.47 Å². The average Bonchev–Trinajstić information content (AvgIpc) is 2.45. The maximum absolute atomic E-state index is 11.9. The van der Waals surface area contributed by atoms with Gasteiger partial charge < -0.3 is 14.6 Å². The van der Waals surface area contributed by atoms with E-state index in [1.165, 1.54) is 32.4 Å².